The van der Waals surface area contributed by atoms with E-state index in [1.165, 1.54) is 23.3 Å². The Morgan fingerprint density at radius 1 is 1.41 bits per heavy atom. The van der Waals surface area contributed by atoms with Crippen LogP contribution in [0, 0.1) is 5.92 Å². The molecule has 1 aliphatic rings. The third kappa shape index (κ3) is 5.77. The minimum Gasteiger partial charge on any atom is -0.382 e. The summed E-state index contributed by atoms with van der Waals surface area (Å²) >= 11 is 0. The molecule has 158 valence electrons. The molecule has 0 radical (unpaired) electrons. The van der Waals surface area contributed by atoms with Crippen LogP contribution in [-0.2, 0) is 23.6 Å². The van der Waals surface area contributed by atoms with Crippen molar-refractivity contribution in [3.8, 4) is 0 Å². The maximum absolute atomic E-state index is 14.4. The molecule has 2 unspecified atom stereocenters. The minimum atomic E-state index is -2.47. The van der Waals surface area contributed by atoms with Gasteiger partial charge in [0.15, 0.2) is 29.8 Å². The smallest absolute Gasteiger partial charge is 0.373 e. The summed E-state index contributed by atoms with van der Waals surface area (Å²) < 4.78 is 39.6. The van der Waals surface area contributed by atoms with Crippen molar-refractivity contribution >= 4 is 30.3 Å². The zero-order valence-corrected chi connectivity index (χ0v) is 17.2. The van der Waals surface area contributed by atoms with Gasteiger partial charge in [0.25, 0.3) is 0 Å². The number of hydrogen-bond acceptors (Lipinski definition) is 9. The Morgan fingerprint density at radius 2 is 2.10 bits per heavy atom. The van der Waals surface area contributed by atoms with E-state index in [2.05, 4.69) is 28.8 Å². The Hall–Kier alpha value is -2.45. The van der Waals surface area contributed by atoms with Crippen LogP contribution in [0.2, 0.25) is 0 Å². The quantitative estimate of drug-likeness (QED) is 0.660. The van der Waals surface area contributed by atoms with Crippen LogP contribution in [0.1, 0.15) is 26.5 Å². The third-order valence-corrected chi connectivity index (χ3v) is 6.43. The molecule has 0 amide bonds. The summed E-state index contributed by atoms with van der Waals surface area (Å²) in [7, 11) is -2.47. The highest BCUT2D eigenvalue weighted by Crippen LogP contribution is 2.44. The molecule has 3 heterocycles. The van der Waals surface area contributed by atoms with E-state index in [0.717, 1.165) is 6.42 Å². The van der Waals surface area contributed by atoms with Gasteiger partial charge in [-0.2, -0.15) is 9.59 Å². The van der Waals surface area contributed by atoms with Gasteiger partial charge in [-0.15, -0.1) is 0 Å². The number of nitrogen functional groups attached to an aromatic ring is 1. The summed E-state index contributed by atoms with van der Waals surface area (Å²) in [5.74, 6) is 0.0293. The van der Waals surface area contributed by atoms with Crippen molar-refractivity contribution in [2.24, 2.45) is 5.92 Å². The second-order valence-electron chi connectivity index (χ2n) is 6.86. The highest BCUT2D eigenvalue weighted by molar-refractivity contribution is 7.62. The van der Waals surface area contributed by atoms with E-state index in [0.29, 0.717) is 23.2 Å². The van der Waals surface area contributed by atoms with Crippen LogP contribution in [0.4, 0.5) is 10.2 Å². The highest BCUT2D eigenvalue weighted by Gasteiger charge is 2.32. The molecule has 0 spiro atoms. The molecule has 2 aromatic heterocycles. The summed E-state index contributed by atoms with van der Waals surface area (Å²) in [6.45, 7) is 5.81. The van der Waals surface area contributed by atoms with Gasteiger partial charge < -0.3 is 19.8 Å². The first-order valence-electron chi connectivity index (χ1n) is 8.84. The molecule has 12 heteroatoms. The van der Waals surface area contributed by atoms with E-state index in [9.17, 15) is 8.96 Å². The number of nitrogens with two attached hydrogens (primary N) is 1. The Labute approximate surface area is 166 Å². The predicted molar refractivity (Wildman–Crippen MR) is 102 cm³/mol. The van der Waals surface area contributed by atoms with Crippen LogP contribution < -0.4 is 5.73 Å². The first-order valence-corrected chi connectivity index (χ1v) is 11.4. The topological polar surface area (TPSA) is 139 Å². The number of hydrogen-bond donors (Lipinski definition) is 1. The number of aromatic nitrogens is 4. The Kier molecular flexibility index (Phi) is 7.75. The summed E-state index contributed by atoms with van der Waals surface area (Å²) in [6.07, 6.45) is 3.77. The van der Waals surface area contributed by atoms with Crippen LogP contribution in [0.3, 0.4) is 0 Å². The third-order valence-electron chi connectivity index (χ3n) is 4.34. The maximum atomic E-state index is 14.4. The van der Waals surface area contributed by atoms with E-state index >= 15 is 0 Å². The number of nitrogens with zero attached hydrogens (tertiary/aromatic N) is 4. The van der Waals surface area contributed by atoms with Gasteiger partial charge in [0.1, 0.15) is 25.3 Å². The van der Waals surface area contributed by atoms with Crippen LogP contribution in [0.25, 0.3) is 11.2 Å². The lowest BCUT2D eigenvalue weighted by atomic mass is 10.2. The Bertz CT molecular complexity index is 959. The fourth-order valence-corrected chi connectivity index (χ4v) is 4.99. The summed E-state index contributed by atoms with van der Waals surface area (Å²) in [4.78, 5) is 28.3. The standard InChI is InChI=1S/C16H23FN5O3P.CO2/c1-4-10(2)6-26(3,23)9-24-12-5-11(17)16(25-12)22-8-21-13-14(18)19-7-20-15(13)22;2-1-3/h5,7-8,10,12,16H,4,6,9H2,1-3H3,(H2,18,19,20);/t10?,12-,16+,26?;/m0./s1. The molecule has 2 N–H and O–H groups in total. The largest absolute Gasteiger partial charge is 0.382 e. The van der Waals surface area contributed by atoms with Crippen molar-refractivity contribution in [3.63, 3.8) is 0 Å². The molecule has 0 saturated heterocycles. The zero-order valence-electron chi connectivity index (χ0n) is 16.3. The molecular formula is C17H23FN5O5P. The van der Waals surface area contributed by atoms with Crippen LogP contribution in [0.5, 0.6) is 0 Å². The van der Waals surface area contributed by atoms with Gasteiger partial charge in [0, 0.05) is 12.2 Å². The molecule has 0 fully saturated rings. The van der Waals surface area contributed by atoms with Crippen LogP contribution in [-0.4, -0.2) is 51.1 Å². The van der Waals surface area contributed by atoms with Crippen molar-refractivity contribution < 1.29 is 28.0 Å². The van der Waals surface area contributed by atoms with Crippen molar-refractivity contribution in [1.82, 2.24) is 19.5 Å². The summed E-state index contributed by atoms with van der Waals surface area (Å²) in [6, 6.07) is 0. The summed E-state index contributed by atoms with van der Waals surface area (Å²) in [5, 5.41) is 0. The van der Waals surface area contributed by atoms with Crippen LogP contribution in [0.15, 0.2) is 24.6 Å². The molecule has 1 aliphatic heterocycles. The molecule has 4 atom stereocenters. The lowest BCUT2D eigenvalue weighted by molar-refractivity contribution is -0.191. The van der Waals surface area contributed by atoms with Gasteiger partial charge >= 0.3 is 6.15 Å². The number of ether oxygens (including phenoxy) is 2. The van der Waals surface area contributed by atoms with Gasteiger partial charge in [-0.1, -0.05) is 20.3 Å². The number of fused-ring (bicyclic) bond motifs is 1. The average molecular weight is 427 g/mol. The van der Waals surface area contributed by atoms with E-state index < -0.39 is 25.5 Å². The van der Waals surface area contributed by atoms with Gasteiger partial charge in [-0.05, 0) is 12.6 Å². The predicted octanol–water partition coefficient (Wildman–Crippen LogP) is 2.55. The van der Waals surface area contributed by atoms with Gasteiger partial charge in [0.05, 0.1) is 6.33 Å². The second kappa shape index (κ2) is 9.84. The highest BCUT2D eigenvalue weighted by atomic mass is 31.2. The van der Waals surface area contributed by atoms with Crippen molar-refractivity contribution in [2.45, 2.75) is 32.8 Å². The molecule has 0 aliphatic carbocycles. The Balaban J connectivity index is 0.000000941. The SMILES string of the molecule is CCC(C)CP(C)(=O)CO[C@@H]1C=C(F)[C@H](n2cnc3c(N)ncnc32)O1.O=C=O. The second-order valence-corrected chi connectivity index (χ2v) is 10.1. The van der Waals surface area contributed by atoms with Crippen molar-refractivity contribution in [1.29, 1.82) is 0 Å². The minimum absolute atomic E-state index is 0.0400. The number of rotatable bonds is 7. The molecule has 0 aromatic carbocycles. The van der Waals surface area contributed by atoms with E-state index in [4.69, 9.17) is 24.8 Å². The molecule has 10 nitrogen and oxygen atoms in total. The van der Waals surface area contributed by atoms with Crippen LogP contribution >= 0.6 is 7.14 Å². The monoisotopic (exact) mass is 427 g/mol. The molecule has 0 saturated carbocycles. The first kappa shape index (κ1) is 22.8. The van der Waals surface area contributed by atoms with Crippen molar-refractivity contribution in [3.05, 3.63) is 24.6 Å². The fourth-order valence-electron chi connectivity index (χ4n) is 2.84. The van der Waals surface area contributed by atoms with E-state index in [1.54, 1.807) is 6.66 Å². The number of carbonyl (C=O) groups excluding carboxylic acids is 2. The Morgan fingerprint density at radius 3 is 2.76 bits per heavy atom. The number of imidazole rings is 1. The molecule has 2 aromatic rings. The van der Waals surface area contributed by atoms with E-state index in [1.807, 2.05) is 0 Å². The fraction of sp³-hybridized carbons (Fsp3) is 0.529. The number of halogens is 1. The van der Waals surface area contributed by atoms with Gasteiger partial charge in [-0.3, -0.25) is 4.57 Å². The lowest BCUT2D eigenvalue weighted by Crippen LogP contribution is -2.17. The van der Waals surface area contributed by atoms with Crippen molar-refractivity contribution in [2.75, 3.05) is 24.9 Å². The first-order chi connectivity index (χ1) is 13.7. The van der Waals surface area contributed by atoms with Gasteiger partial charge in [-0.25, -0.2) is 19.3 Å². The molecule has 29 heavy (non-hydrogen) atoms. The number of anilines is 1. The maximum Gasteiger partial charge on any atom is 0.373 e. The van der Waals surface area contributed by atoms with E-state index in [-0.39, 0.29) is 18.3 Å². The lowest BCUT2D eigenvalue weighted by Gasteiger charge is -2.20. The average Bonchev–Trinajstić information content (AvgIpc) is 3.24. The van der Waals surface area contributed by atoms with Gasteiger partial charge in [0.2, 0.25) is 0 Å². The summed E-state index contributed by atoms with van der Waals surface area (Å²) in [5.41, 5.74) is 6.49. The zero-order chi connectivity index (χ0) is 21.6. The normalized spacial score (nSPS) is 21.6. The molecule has 0 bridgehead atoms. The molecule has 3 rings (SSSR count). The molecular weight excluding hydrogens is 404 g/mol.